The van der Waals surface area contributed by atoms with E-state index in [1.807, 2.05) is 24.0 Å². The highest BCUT2D eigenvalue weighted by atomic mass is 32.2. The predicted molar refractivity (Wildman–Crippen MR) is 82.8 cm³/mol. The second kappa shape index (κ2) is 7.39. The summed E-state index contributed by atoms with van der Waals surface area (Å²) in [5.41, 5.74) is 1.19. The summed E-state index contributed by atoms with van der Waals surface area (Å²) in [5.74, 6) is 0.859. The van der Waals surface area contributed by atoms with Crippen LogP contribution in [0.5, 0.6) is 5.75 Å². The van der Waals surface area contributed by atoms with Gasteiger partial charge in [-0.1, -0.05) is 6.08 Å². The number of benzene rings is 1. The Morgan fingerprint density at radius 3 is 2.65 bits per heavy atom. The molecule has 20 heavy (non-hydrogen) atoms. The van der Waals surface area contributed by atoms with Crippen LogP contribution in [0.4, 0.5) is 0 Å². The molecular weight excluding hydrogens is 270 g/mol. The first-order valence-electron chi connectivity index (χ1n) is 7.12. The van der Waals surface area contributed by atoms with Gasteiger partial charge in [0.05, 0.1) is 5.75 Å². The van der Waals surface area contributed by atoms with E-state index in [2.05, 4.69) is 6.08 Å². The largest absolute Gasteiger partial charge is 0.508 e. The Bertz CT molecular complexity index is 482. The molecule has 0 aromatic heterocycles. The molecule has 3 nitrogen and oxygen atoms in total. The molecule has 0 fully saturated rings. The topological polar surface area (TPSA) is 40.5 Å². The minimum Gasteiger partial charge on any atom is -0.508 e. The summed E-state index contributed by atoms with van der Waals surface area (Å²) < 4.78 is 0. The molecule has 1 aliphatic carbocycles. The van der Waals surface area contributed by atoms with Gasteiger partial charge in [-0.05, 0) is 56.9 Å². The molecule has 2 rings (SSSR count). The number of rotatable bonds is 5. The maximum Gasteiger partial charge on any atom is 0.237 e. The average molecular weight is 291 g/mol. The van der Waals surface area contributed by atoms with Crippen LogP contribution < -0.4 is 0 Å². The zero-order valence-corrected chi connectivity index (χ0v) is 12.7. The van der Waals surface area contributed by atoms with Crippen LogP contribution in [0.15, 0.2) is 40.9 Å². The lowest BCUT2D eigenvalue weighted by atomic mass is 10.0. The van der Waals surface area contributed by atoms with Crippen molar-refractivity contribution in [2.75, 3.05) is 12.3 Å². The van der Waals surface area contributed by atoms with Gasteiger partial charge in [0.2, 0.25) is 5.91 Å². The Morgan fingerprint density at radius 2 is 2.05 bits per heavy atom. The number of carbonyl (C=O) groups excluding carboxylic acids is 1. The van der Waals surface area contributed by atoms with E-state index in [9.17, 15) is 9.90 Å². The Balaban J connectivity index is 1.92. The fourth-order valence-electron chi connectivity index (χ4n) is 2.37. The third kappa shape index (κ3) is 4.04. The van der Waals surface area contributed by atoms with Crippen LogP contribution in [0.2, 0.25) is 0 Å². The van der Waals surface area contributed by atoms with Gasteiger partial charge in [-0.2, -0.15) is 0 Å². The molecule has 0 aliphatic heterocycles. The minimum atomic E-state index is 0.165. The highest BCUT2D eigenvalue weighted by Gasteiger charge is 2.17. The lowest BCUT2D eigenvalue weighted by molar-refractivity contribution is -0.126. The van der Waals surface area contributed by atoms with Crippen molar-refractivity contribution in [2.24, 2.45) is 0 Å². The van der Waals surface area contributed by atoms with Gasteiger partial charge in [-0.3, -0.25) is 4.79 Å². The van der Waals surface area contributed by atoms with Crippen LogP contribution in [0.25, 0.3) is 0 Å². The first-order chi connectivity index (χ1) is 9.70. The molecule has 108 valence electrons. The standard InChI is InChI=1S/C16H21NO2S/c1-2-17(13-6-4-3-5-7-13)16(19)12-20-15-10-8-14(18)9-11-15/h6,8-11,18H,2-5,7,12H2,1H3. The lowest BCUT2D eigenvalue weighted by Gasteiger charge is -2.26. The molecule has 0 saturated heterocycles. The highest BCUT2D eigenvalue weighted by molar-refractivity contribution is 8.00. The van der Waals surface area contributed by atoms with Gasteiger partial charge in [-0.15, -0.1) is 11.8 Å². The number of aromatic hydroxyl groups is 1. The van der Waals surface area contributed by atoms with Crippen molar-refractivity contribution < 1.29 is 9.90 Å². The third-order valence-corrected chi connectivity index (χ3v) is 4.43. The van der Waals surface area contributed by atoms with Gasteiger partial charge in [0.1, 0.15) is 5.75 Å². The molecular formula is C16H21NO2S. The van der Waals surface area contributed by atoms with Gasteiger partial charge in [0.25, 0.3) is 0 Å². The Labute approximate surface area is 124 Å². The summed E-state index contributed by atoms with van der Waals surface area (Å²) >= 11 is 1.52. The monoisotopic (exact) mass is 291 g/mol. The average Bonchev–Trinajstić information content (AvgIpc) is 2.48. The van der Waals surface area contributed by atoms with E-state index in [0.29, 0.717) is 5.75 Å². The second-order valence-electron chi connectivity index (χ2n) is 4.86. The van der Waals surface area contributed by atoms with E-state index in [0.717, 1.165) is 24.3 Å². The van der Waals surface area contributed by atoms with Crippen molar-refractivity contribution in [1.29, 1.82) is 0 Å². The molecule has 1 aromatic rings. The maximum absolute atomic E-state index is 12.3. The Hall–Kier alpha value is -1.42. The van der Waals surface area contributed by atoms with Gasteiger partial charge >= 0.3 is 0 Å². The number of carbonyl (C=O) groups is 1. The number of nitrogens with zero attached hydrogens (tertiary/aromatic N) is 1. The molecule has 1 N–H and O–H groups in total. The van der Waals surface area contributed by atoms with E-state index >= 15 is 0 Å². The van der Waals surface area contributed by atoms with Crippen LogP contribution in [0, 0.1) is 0 Å². The lowest BCUT2D eigenvalue weighted by Crippen LogP contribution is -2.32. The number of hydrogen-bond donors (Lipinski definition) is 1. The maximum atomic E-state index is 12.3. The van der Waals surface area contributed by atoms with Gasteiger partial charge in [-0.25, -0.2) is 0 Å². The summed E-state index contributed by atoms with van der Waals surface area (Å²) in [4.78, 5) is 15.2. The fraction of sp³-hybridized carbons (Fsp3) is 0.438. The number of phenolic OH excluding ortho intramolecular Hbond substituents is 1. The van der Waals surface area contributed by atoms with E-state index in [-0.39, 0.29) is 11.7 Å². The normalized spacial score (nSPS) is 14.8. The van der Waals surface area contributed by atoms with Crippen LogP contribution in [-0.2, 0) is 4.79 Å². The van der Waals surface area contributed by atoms with Crippen molar-refractivity contribution in [3.8, 4) is 5.75 Å². The van der Waals surface area contributed by atoms with E-state index in [4.69, 9.17) is 0 Å². The van der Waals surface area contributed by atoms with E-state index in [1.54, 1.807) is 12.1 Å². The zero-order chi connectivity index (χ0) is 14.4. The van der Waals surface area contributed by atoms with Crippen LogP contribution in [-0.4, -0.2) is 28.2 Å². The number of phenols is 1. The van der Waals surface area contributed by atoms with Crippen molar-refractivity contribution in [3.05, 3.63) is 36.0 Å². The van der Waals surface area contributed by atoms with Crippen molar-refractivity contribution in [1.82, 2.24) is 4.90 Å². The van der Waals surface area contributed by atoms with Gasteiger partial charge in [0.15, 0.2) is 0 Å². The smallest absolute Gasteiger partial charge is 0.237 e. The number of amides is 1. The van der Waals surface area contributed by atoms with E-state index < -0.39 is 0 Å². The summed E-state index contributed by atoms with van der Waals surface area (Å²) in [7, 11) is 0. The molecule has 0 atom stereocenters. The molecule has 0 heterocycles. The molecule has 0 spiro atoms. The van der Waals surface area contributed by atoms with Crippen molar-refractivity contribution >= 4 is 17.7 Å². The van der Waals surface area contributed by atoms with Crippen LogP contribution >= 0.6 is 11.8 Å². The zero-order valence-electron chi connectivity index (χ0n) is 11.8. The first kappa shape index (κ1) is 15.0. The molecule has 1 aliphatic rings. The van der Waals surface area contributed by atoms with Crippen molar-refractivity contribution in [3.63, 3.8) is 0 Å². The minimum absolute atomic E-state index is 0.165. The Kier molecular flexibility index (Phi) is 5.53. The summed E-state index contributed by atoms with van der Waals surface area (Å²) in [5, 5.41) is 9.24. The second-order valence-corrected chi connectivity index (χ2v) is 5.91. The quantitative estimate of drug-likeness (QED) is 0.839. The summed E-state index contributed by atoms with van der Waals surface area (Å²) in [6, 6.07) is 6.97. The highest BCUT2D eigenvalue weighted by Crippen LogP contribution is 2.24. The SMILES string of the molecule is CCN(C(=O)CSc1ccc(O)cc1)C1=CCCCC1. The van der Waals surface area contributed by atoms with Gasteiger partial charge < -0.3 is 10.0 Å². The first-order valence-corrected chi connectivity index (χ1v) is 8.10. The molecule has 4 heteroatoms. The van der Waals surface area contributed by atoms with Crippen LogP contribution in [0.3, 0.4) is 0 Å². The molecule has 0 bridgehead atoms. The third-order valence-electron chi connectivity index (χ3n) is 3.43. The molecule has 0 unspecified atom stereocenters. The molecule has 0 saturated carbocycles. The van der Waals surface area contributed by atoms with Crippen LogP contribution in [0.1, 0.15) is 32.6 Å². The number of allylic oxidation sites excluding steroid dienone is 2. The molecule has 1 aromatic carbocycles. The fourth-order valence-corrected chi connectivity index (χ4v) is 3.15. The van der Waals surface area contributed by atoms with Crippen molar-refractivity contribution in [2.45, 2.75) is 37.5 Å². The Morgan fingerprint density at radius 1 is 1.30 bits per heavy atom. The summed E-state index contributed by atoms with van der Waals surface area (Å²) in [6.45, 7) is 2.76. The predicted octanol–water partition coefficient (Wildman–Crippen LogP) is 3.79. The number of thioether (sulfide) groups is 1. The summed E-state index contributed by atoms with van der Waals surface area (Å²) in [6.07, 6.45) is 6.72. The number of hydrogen-bond acceptors (Lipinski definition) is 3. The molecule has 0 radical (unpaired) electrons. The van der Waals surface area contributed by atoms with E-state index in [1.165, 1.54) is 30.3 Å². The molecule has 1 amide bonds. The van der Waals surface area contributed by atoms with Gasteiger partial charge in [0, 0.05) is 17.1 Å².